The molecule has 0 aliphatic carbocycles. The molecule has 196 valence electrons. The molecule has 1 heterocycles. The highest BCUT2D eigenvalue weighted by molar-refractivity contribution is 6.00. The van der Waals surface area contributed by atoms with E-state index in [4.69, 9.17) is 14.2 Å². The zero-order valence-corrected chi connectivity index (χ0v) is 21.4. The van der Waals surface area contributed by atoms with Gasteiger partial charge >= 0.3 is 18.0 Å². The van der Waals surface area contributed by atoms with Crippen molar-refractivity contribution in [1.29, 1.82) is 0 Å². The number of methoxy groups -OCH3 is 1. The number of hydrogen-bond donors (Lipinski definition) is 0. The molecule has 7 heteroatoms. The summed E-state index contributed by atoms with van der Waals surface area (Å²) in [6, 6.07) is 27.7. The molecule has 0 aromatic heterocycles. The number of nitrogens with zero attached hydrogens (tertiary/aromatic N) is 1. The van der Waals surface area contributed by atoms with Crippen molar-refractivity contribution in [2.24, 2.45) is 0 Å². The van der Waals surface area contributed by atoms with E-state index in [0.717, 1.165) is 11.1 Å². The van der Waals surface area contributed by atoms with Gasteiger partial charge in [0.2, 0.25) is 0 Å². The number of rotatable bonds is 11. The van der Waals surface area contributed by atoms with Crippen LogP contribution in [0.3, 0.4) is 0 Å². The number of esters is 2. The zero-order chi connectivity index (χ0) is 26.7. The van der Waals surface area contributed by atoms with Gasteiger partial charge < -0.3 is 14.2 Å². The summed E-state index contributed by atoms with van der Waals surface area (Å²) in [5.74, 6) is -0.973. The highest BCUT2D eigenvalue weighted by atomic mass is 16.6. The van der Waals surface area contributed by atoms with Gasteiger partial charge in [0.1, 0.15) is 12.3 Å². The number of carbonyl (C=O) groups excluding carboxylic acids is 3. The van der Waals surface area contributed by atoms with Gasteiger partial charge in [0.25, 0.3) is 0 Å². The van der Waals surface area contributed by atoms with Crippen LogP contribution in [0.15, 0.2) is 96.7 Å². The van der Waals surface area contributed by atoms with Crippen molar-refractivity contribution < 1.29 is 28.6 Å². The highest BCUT2D eigenvalue weighted by Crippen LogP contribution is 2.32. The number of amides is 1. The Kier molecular flexibility index (Phi) is 9.29. The lowest BCUT2D eigenvalue weighted by molar-refractivity contribution is -0.137. The third-order valence-corrected chi connectivity index (χ3v) is 6.37. The topological polar surface area (TPSA) is 82.1 Å². The number of cyclic esters (lactones) is 1. The van der Waals surface area contributed by atoms with E-state index < -0.39 is 12.1 Å². The minimum absolute atomic E-state index is 0.172. The second kappa shape index (κ2) is 13.2. The molecule has 38 heavy (non-hydrogen) atoms. The van der Waals surface area contributed by atoms with E-state index in [-0.39, 0.29) is 30.9 Å². The van der Waals surface area contributed by atoms with E-state index >= 15 is 0 Å². The minimum Gasteiger partial charge on any atom is -0.464 e. The van der Waals surface area contributed by atoms with Crippen molar-refractivity contribution in [3.8, 4) is 0 Å². The molecule has 0 spiro atoms. The van der Waals surface area contributed by atoms with Crippen LogP contribution in [-0.4, -0.2) is 49.3 Å². The zero-order valence-electron chi connectivity index (χ0n) is 21.4. The fourth-order valence-corrected chi connectivity index (χ4v) is 4.50. The Hall–Kier alpha value is -4.39. The molecule has 0 radical (unpaired) electrons. The normalized spacial score (nSPS) is 15.4. The van der Waals surface area contributed by atoms with Gasteiger partial charge in [-0.25, -0.2) is 14.4 Å². The summed E-state index contributed by atoms with van der Waals surface area (Å²) in [6.45, 7) is 0.414. The van der Waals surface area contributed by atoms with Crippen molar-refractivity contribution in [2.75, 3.05) is 20.3 Å². The molecule has 3 aromatic carbocycles. The van der Waals surface area contributed by atoms with Crippen molar-refractivity contribution in [1.82, 2.24) is 4.90 Å². The van der Waals surface area contributed by atoms with Crippen molar-refractivity contribution in [2.45, 2.75) is 31.7 Å². The first-order valence-corrected chi connectivity index (χ1v) is 12.7. The molecule has 4 rings (SSSR count). The van der Waals surface area contributed by atoms with Gasteiger partial charge in [-0.3, -0.25) is 4.90 Å². The number of carbonyl (C=O) groups is 3. The summed E-state index contributed by atoms with van der Waals surface area (Å²) in [5, 5.41) is 0. The number of benzene rings is 3. The van der Waals surface area contributed by atoms with Gasteiger partial charge in [-0.2, -0.15) is 0 Å². The summed E-state index contributed by atoms with van der Waals surface area (Å²) in [5.41, 5.74) is 3.22. The minimum atomic E-state index is -0.601. The molecular formula is C31H31NO6. The lowest BCUT2D eigenvalue weighted by Crippen LogP contribution is -2.38. The number of allylic oxidation sites excluding steroid dienone is 1. The van der Waals surface area contributed by atoms with Crippen LogP contribution in [0.5, 0.6) is 0 Å². The Morgan fingerprint density at radius 3 is 2.11 bits per heavy atom. The van der Waals surface area contributed by atoms with E-state index in [1.54, 1.807) is 24.3 Å². The monoisotopic (exact) mass is 513 g/mol. The second-order valence-electron chi connectivity index (χ2n) is 8.93. The smallest absolute Gasteiger partial charge is 0.414 e. The van der Waals surface area contributed by atoms with Gasteiger partial charge in [0.15, 0.2) is 0 Å². The molecule has 0 unspecified atom stereocenters. The van der Waals surface area contributed by atoms with Gasteiger partial charge in [0.05, 0.1) is 25.3 Å². The van der Waals surface area contributed by atoms with Crippen LogP contribution in [0.1, 0.15) is 40.7 Å². The van der Waals surface area contributed by atoms with Crippen LogP contribution in [0.4, 0.5) is 4.79 Å². The fourth-order valence-electron chi connectivity index (χ4n) is 4.50. The lowest BCUT2D eigenvalue weighted by Gasteiger charge is -2.26. The van der Waals surface area contributed by atoms with Crippen LogP contribution in [0.25, 0.3) is 5.57 Å². The Balaban J connectivity index is 1.56. The Morgan fingerprint density at radius 1 is 0.868 bits per heavy atom. The van der Waals surface area contributed by atoms with Crippen LogP contribution in [-0.2, 0) is 25.4 Å². The number of unbranched alkanes of at least 4 members (excludes halogenated alkanes) is 1. The van der Waals surface area contributed by atoms with Crippen LogP contribution in [0, 0.1) is 0 Å². The predicted octanol–water partition coefficient (Wildman–Crippen LogP) is 5.66. The molecule has 0 N–H and O–H groups in total. The Bertz CT molecular complexity index is 1260. The highest BCUT2D eigenvalue weighted by Gasteiger charge is 2.40. The Labute approximate surface area is 222 Å². The second-order valence-corrected chi connectivity index (χ2v) is 8.93. The first kappa shape index (κ1) is 26.7. The molecule has 1 atom stereocenters. The Morgan fingerprint density at radius 2 is 1.47 bits per heavy atom. The van der Waals surface area contributed by atoms with Gasteiger partial charge in [-0.05, 0) is 54.5 Å². The summed E-state index contributed by atoms with van der Waals surface area (Å²) in [4.78, 5) is 39.8. The van der Waals surface area contributed by atoms with Crippen LogP contribution >= 0.6 is 0 Å². The standard InChI is InChI=1S/C31H31NO6/c1-36-30(34)28(32-26(22-38-31(32)35)21-23-13-5-2-6-14-23)27(24-15-7-3-8-16-24)19-11-12-20-37-29(33)25-17-9-4-10-18-25/h2-10,13-18,26H,11-12,19-22H2,1H3/b28-27-/t26-/m1/s1. The fraction of sp³-hybridized carbons (Fsp3) is 0.258. The molecule has 1 amide bonds. The lowest BCUT2D eigenvalue weighted by atomic mass is 9.96. The van der Waals surface area contributed by atoms with E-state index in [1.807, 2.05) is 66.7 Å². The molecular weight excluding hydrogens is 482 g/mol. The maximum Gasteiger partial charge on any atom is 0.414 e. The van der Waals surface area contributed by atoms with E-state index in [1.165, 1.54) is 12.0 Å². The first-order chi connectivity index (χ1) is 18.6. The summed E-state index contributed by atoms with van der Waals surface area (Å²) in [7, 11) is 1.31. The van der Waals surface area contributed by atoms with Crippen molar-refractivity contribution in [3.05, 3.63) is 113 Å². The maximum atomic E-state index is 13.2. The quantitative estimate of drug-likeness (QED) is 0.142. The summed E-state index contributed by atoms with van der Waals surface area (Å²) in [6.07, 6.45) is 1.64. The van der Waals surface area contributed by atoms with Crippen LogP contribution in [0.2, 0.25) is 0 Å². The average molecular weight is 514 g/mol. The molecule has 0 bridgehead atoms. The predicted molar refractivity (Wildman–Crippen MR) is 143 cm³/mol. The molecule has 1 aliphatic rings. The number of hydrogen-bond acceptors (Lipinski definition) is 6. The van der Waals surface area contributed by atoms with E-state index in [0.29, 0.717) is 36.8 Å². The SMILES string of the molecule is COC(=O)/C(=C(\CCCCOC(=O)c1ccccc1)c1ccccc1)N1C(=O)OC[C@H]1Cc1ccccc1. The largest absolute Gasteiger partial charge is 0.464 e. The molecule has 1 fully saturated rings. The van der Waals surface area contributed by atoms with Gasteiger partial charge in [-0.1, -0.05) is 78.9 Å². The maximum absolute atomic E-state index is 13.2. The van der Waals surface area contributed by atoms with E-state index in [9.17, 15) is 14.4 Å². The molecule has 0 saturated carbocycles. The van der Waals surface area contributed by atoms with Crippen molar-refractivity contribution in [3.63, 3.8) is 0 Å². The summed E-state index contributed by atoms with van der Waals surface area (Å²) >= 11 is 0. The van der Waals surface area contributed by atoms with Gasteiger partial charge in [-0.15, -0.1) is 0 Å². The van der Waals surface area contributed by atoms with Crippen LogP contribution < -0.4 is 0 Å². The third-order valence-electron chi connectivity index (χ3n) is 6.37. The first-order valence-electron chi connectivity index (χ1n) is 12.7. The van der Waals surface area contributed by atoms with Gasteiger partial charge in [0, 0.05) is 0 Å². The molecule has 7 nitrogen and oxygen atoms in total. The third kappa shape index (κ3) is 6.68. The van der Waals surface area contributed by atoms with E-state index in [2.05, 4.69) is 0 Å². The number of ether oxygens (including phenoxy) is 3. The van der Waals surface area contributed by atoms with Crippen molar-refractivity contribution >= 4 is 23.6 Å². The molecule has 1 saturated heterocycles. The molecule has 3 aromatic rings. The molecule has 1 aliphatic heterocycles. The average Bonchev–Trinajstić information content (AvgIpc) is 3.32. The summed E-state index contributed by atoms with van der Waals surface area (Å²) < 4.78 is 16.0.